The van der Waals surface area contributed by atoms with Gasteiger partial charge in [-0.3, -0.25) is 4.79 Å². The van der Waals surface area contributed by atoms with Crippen LogP contribution < -0.4 is 5.32 Å². The lowest BCUT2D eigenvalue weighted by Crippen LogP contribution is -2.34. The monoisotopic (exact) mass is 283 g/mol. The number of hydrogen-bond acceptors (Lipinski definition) is 2. The predicted molar refractivity (Wildman–Crippen MR) is 61.2 cm³/mol. The zero-order valence-electron chi connectivity index (χ0n) is 8.55. The largest absolute Gasteiger partial charge is 0.405 e. The number of nitrogens with one attached hydrogen (secondary N) is 1. The number of benzene rings is 1. The molecular weight excluding hydrogens is 275 g/mol. The summed E-state index contributed by atoms with van der Waals surface area (Å²) in [7, 11) is 0. The number of halogens is 4. The van der Waals surface area contributed by atoms with E-state index in [1.807, 2.05) is 0 Å². The van der Waals surface area contributed by atoms with Crippen LogP contribution in [0, 0.1) is 0 Å². The third-order valence-corrected chi connectivity index (χ3v) is 2.93. The SMILES string of the molecule is O=C(CSc1ccc(Cl)cc1)NCC(F)(F)F. The summed E-state index contributed by atoms with van der Waals surface area (Å²) < 4.78 is 35.4. The summed E-state index contributed by atoms with van der Waals surface area (Å²) in [5.74, 6) is -0.708. The molecule has 0 atom stereocenters. The standard InChI is InChI=1S/C10H9ClF3NOS/c11-7-1-3-8(4-2-7)17-5-9(16)15-6-10(12,13)14/h1-4H,5-6H2,(H,15,16). The third-order valence-electron chi connectivity index (χ3n) is 1.67. The summed E-state index contributed by atoms with van der Waals surface area (Å²) in [6, 6.07) is 6.70. The molecule has 0 bridgehead atoms. The Bertz CT molecular complexity index is 380. The molecule has 0 aliphatic heterocycles. The first kappa shape index (κ1) is 14.2. The van der Waals surface area contributed by atoms with Gasteiger partial charge in [-0.05, 0) is 24.3 Å². The van der Waals surface area contributed by atoms with E-state index in [0.717, 1.165) is 16.7 Å². The maximum Gasteiger partial charge on any atom is 0.405 e. The molecule has 0 radical (unpaired) electrons. The van der Waals surface area contributed by atoms with E-state index in [4.69, 9.17) is 11.6 Å². The molecule has 0 aliphatic carbocycles. The summed E-state index contributed by atoms with van der Waals surface area (Å²) in [5.41, 5.74) is 0. The second-order valence-corrected chi connectivity index (χ2v) is 4.62. The molecule has 7 heteroatoms. The smallest absolute Gasteiger partial charge is 0.346 e. The van der Waals surface area contributed by atoms with Gasteiger partial charge in [0.25, 0.3) is 0 Å². The number of hydrogen-bond donors (Lipinski definition) is 1. The summed E-state index contributed by atoms with van der Waals surface area (Å²) in [5, 5.41) is 2.36. The van der Waals surface area contributed by atoms with Gasteiger partial charge >= 0.3 is 6.18 Å². The van der Waals surface area contributed by atoms with Gasteiger partial charge in [0.05, 0.1) is 5.75 Å². The Hall–Kier alpha value is -0.880. The highest BCUT2D eigenvalue weighted by Gasteiger charge is 2.27. The molecule has 1 rings (SSSR count). The van der Waals surface area contributed by atoms with Crippen LogP contribution in [0.3, 0.4) is 0 Å². The maximum atomic E-state index is 11.8. The van der Waals surface area contributed by atoms with Crippen LogP contribution in [0.15, 0.2) is 29.2 Å². The molecule has 1 aromatic carbocycles. The van der Waals surface area contributed by atoms with Crippen LogP contribution in [0.1, 0.15) is 0 Å². The molecule has 0 fully saturated rings. The van der Waals surface area contributed by atoms with Crippen molar-refractivity contribution in [3.05, 3.63) is 29.3 Å². The van der Waals surface area contributed by atoms with Crippen LogP contribution in [-0.4, -0.2) is 24.4 Å². The molecule has 0 saturated carbocycles. The molecule has 0 unspecified atom stereocenters. The van der Waals surface area contributed by atoms with E-state index in [-0.39, 0.29) is 5.75 Å². The summed E-state index contributed by atoms with van der Waals surface area (Å²) in [6.07, 6.45) is -4.37. The third kappa shape index (κ3) is 6.43. The Morgan fingerprint density at radius 3 is 2.41 bits per heavy atom. The van der Waals surface area contributed by atoms with Crippen LogP contribution in [0.2, 0.25) is 5.02 Å². The van der Waals surface area contributed by atoms with Crippen molar-refractivity contribution in [2.75, 3.05) is 12.3 Å². The van der Waals surface area contributed by atoms with Gasteiger partial charge in [-0.2, -0.15) is 13.2 Å². The van der Waals surface area contributed by atoms with Crippen molar-refractivity contribution >= 4 is 29.3 Å². The molecule has 1 aromatic rings. The van der Waals surface area contributed by atoms with Gasteiger partial charge in [0.15, 0.2) is 0 Å². The fourth-order valence-electron chi connectivity index (χ4n) is 0.930. The Labute approximate surface area is 106 Å². The lowest BCUT2D eigenvalue weighted by molar-refractivity contribution is -0.136. The predicted octanol–water partition coefficient (Wildman–Crippen LogP) is 3.11. The molecule has 0 spiro atoms. The molecule has 0 saturated heterocycles. The number of amides is 1. The number of carbonyl (C=O) groups excluding carboxylic acids is 1. The first-order valence-corrected chi connectivity index (χ1v) is 5.95. The molecule has 0 aromatic heterocycles. The van der Waals surface area contributed by atoms with E-state index < -0.39 is 18.6 Å². The normalized spacial score (nSPS) is 11.3. The van der Waals surface area contributed by atoms with Crippen LogP contribution in [0.5, 0.6) is 0 Å². The Kier molecular flexibility index (Phi) is 5.14. The first-order chi connectivity index (χ1) is 7.87. The Morgan fingerprint density at radius 2 is 1.88 bits per heavy atom. The van der Waals surface area contributed by atoms with E-state index in [1.165, 1.54) is 0 Å². The lowest BCUT2D eigenvalue weighted by Gasteiger charge is -2.07. The van der Waals surface area contributed by atoms with Crippen molar-refractivity contribution in [2.24, 2.45) is 0 Å². The van der Waals surface area contributed by atoms with Gasteiger partial charge in [0.1, 0.15) is 6.54 Å². The highest BCUT2D eigenvalue weighted by atomic mass is 35.5. The topological polar surface area (TPSA) is 29.1 Å². The van der Waals surface area contributed by atoms with Crippen molar-refractivity contribution in [1.82, 2.24) is 5.32 Å². The van der Waals surface area contributed by atoms with E-state index >= 15 is 0 Å². The van der Waals surface area contributed by atoms with Crippen LogP contribution in [-0.2, 0) is 4.79 Å². The maximum absolute atomic E-state index is 11.8. The minimum atomic E-state index is -4.37. The summed E-state index contributed by atoms with van der Waals surface area (Å²) >= 11 is 6.81. The van der Waals surface area contributed by atoms with Crippen LogP contribution in [0.25, 0.3) is 0 Å². The van der Waals surface area contributed by atoms with E-state index in [9.17, 15) is 18.0 Å². The van der Waals surface area contributed by atoms with Crippen molar-refractivity contribution in [3.8, 4) is 0 Å². The quantitative estimate of drug-likeness (QED) is 0.860. The molecule has 0 aliphatic rings. The average Bonchev–Trinajstić information content (AvgIpc) is 2.25. The number of alkyl halides is 3. The highest BCUT2D eigenvalue weighted by Crippen LogP contribution is 2.20. The average molecular weight is 284 g/mol. The summed E-state index contributed by atoms with van der Waals surface area (Å²) in [6.45, 7) is -1.30. The molecule has 1 N–H and O–H groups in total. The molecular formula is C10H9ClF3NOS. The van der Waals surface area contributed by atoms with Gasteiger partial charge in [0, 0.05) is 9.92 Å². The molecule has 0 heterocycles. The molecule has 17 heavy (non-hydrogen) atoms. The van der Waals surface area contributed by atoms with Crippen molar-refractivity contribution in [3.63, 3.8) is 0 Å². The van der Waals surface area contributed by atoms with Crippen LogP contribution >= 0.6 is 23.4 Å². The highest BCUT2D eigenvalue weighted by molar-refractivity contribution is 8.00. The van der Waals surface area contributed by atoms with Gasteiger partial charge in [-0.15, -0.1) is 11.8 Å². The fourth-order valence-corrected chi connectivity index (χ4v) is 1.78. The fraction of sp³-hybridized carbons (Fsp3) is 0.300. The van der Waals surface area contributed by atoms with E-state index in [0.29, 0.717) is 5.02 Å². The van der Waals surface area contributed by atoms with Crippen LogP contribution in [0.4, 0.5) is 13.2 Å². The minimum absolute atomic E-state index is 0.0578. The Morgan fingerprint density at radius 1 is 1.29 bits per heavy atom. The zero-order valence-corrected chi connectivity index (χ0v) is 10.1. The number of thioether (sulfide) groups is 1. The van der Waals surface area contributed by atoms with E-state index in [2.05, 4.69) is 0 Å². The van der Waals surface area contributed by atoms with Gasteiger partial charge in [-0.25, -0.2) is 0 Å². The first-order valence-electron chi connectivity index (χ1n) is 4.58. The molecule has 1 amide bonds. The second-order valence-electron chi connectivity index (χ2n) is 3.13. The number of carbonyl (C=O) groups is 1. The van der Waals surface area contributed by atoms with Crippen molar-refractivity contribution in [1.29, 1.82) is 0 Å². The molecule has 94 valence electrons. The van der Waals surface area contributed by atoms with Gasteiger partial charge in [0.2, 0.25) is 5.91 Å². The second kappa shape index (κ2) is 6.16. The minimum Gasteiger partial charge on any atom is -0.346 e. The van der Waals surface area contributed by atoms with Gasteiger partial charge in [-0.1, -0.05) is 11.6 Å². The summed E-state index contributed by atoms with van der Waals surface area (Å²) in [4.78, 5) is 11.8. The van der Waals surface area contributed by atoms with Crippen molar-refractivity contribution in [2.45, 2.75) is 11.1 Å². The molecule has 2 nitrogen and oxygen atoms in total. The zero-order chi connectivity index (χ0) is 12.9. The lowest BCUT2D eigenvalue weighted by atomic mass is 10.4. The van der Waals surface area contributed by atoms with Crippen molar-refractivity contribution < 1.29 is 18.0 Å². The Balaban J connectivity index is 2.31. The number of rotatable bonds is 4. The van der Waals surface area contributed by atoms with Gasteiger partial charge < -0.3 is 5.32 Å². The van der Waals surface area contributed by atoms with E-state index in [1.54, 1.807) is 29.6 Å².